The zero-order valence-corrected chi connectivity index (χ0v) is 9.03. The topological polar surface area (TPSA) is 26.3 Å². The summed E-state index contributed by atoms with van der Waals surface area (Å²) in [4.78, 5) is 11.8. The van der Waals surface area contributed by atoms with Crippen LogP contribution in [-0.2, 0) is 16.0 Å². The van der Waals surface area contributed by atoms with Gasteiger partial charge in [-0.2, -0.15) is 0 Å². The van der Waals surface area contributed by atoms with Crippen LogP contribution in [0.15, 0.2) is 24.3 Å². The number of hydrogen-bond donors (Lipinski definition) is 0. The van der Waals surface area contributed by atoms with E-state index in [0.717, 1.165) is 18.6 Å². The maximum atomic E-state index is 11.8. The van der Waals surface area contributed by atoms with Crippen LogP contribution in [-0.4, -0.2) is 19.0 Å². The van der Waals surface area contributed by atoms with Gasteiger partial charge in [0.1, 0.15) is 5.78 Å². The van der Waals surface area contributed by atoms with Crippen LogP contribution in [0.1, 0.15) is 17.5 Å². The van der Waals surface area contributed by atoms with Crippen LogP contribution in [0.25, 0.3) is 0 Å². The zero-order chi connectivity index (χ0) is 10.7. The Morgan fingerprint density at radius 1 is 1.53 bits per heavy atom. The molecule has 2 rings (SSSR count). The molecule has 1 atom stereocenters. The Hall–Kier alpha value is -1.15. The first kappa shape index (κ1) is 10.4. The van der Waals surface area contributed by atoms with Crippen molar-refractivity contribution in [2.24, 2.45) is 5.92 Å². The molecule has 1 aliphatic heterocycles. The van der Waals surface area contributed by atoms with Gasteiger partial charge >= 0.3 is 0 Å². The summed E-state index contributed by atoms with van der Waals surface area (Å²) in [5.74, 6) is 0.448. The maximum Gasteiger partial charge on any atom is 0.142 e. The van der Waals surface area contributed by atoms with Gasteiger partial charge in [0.25, 0.3) is 0 Å². The molecular formula is C13H16O2. The first-order chi connectivity index (χ1) is 7.25. The van der Waals surface area contributed by atoms with E-state index in [1.54, 1.807) is 0 Å². The quantitative estimate of drug-likeness (QED) is 0.754. The predicted octanol–water partition coefficient (Wildman–Crippen LogP) is 2.14. The van der Waals surface area contributed by atoms with Crippen molar-refractivity contribution in [2.75, 3.05) is 13.2 Å². The second-order valence-electron chi connectivity index (χ2n) is 4.19. The zero-order valence-electron chi connectivity index (χ0n) is 9.03. The van der Waals surface area contributed by atoms with Crippen molar-refractivity contribution in [1.82, 2.24) is 0 Å². The van der Waals surface area contributed by atoms with Crippen LogP contribution < -0.4 is 0 Å². The lowest BCUT2D eigenvalue weighted by Crippen LogP contribution is -2.16. The van der Waals surface area contributed by atoms with Crippen molar-refractivity contribution in [3.05, 3.63) is 35.4 Å². The second-order valence-corrected chi connectivity index (χ2v) is 4.19. The van der Waals surface area contributed by atoms with Gasteiger partial charge in [0.05, 0.1) is 6.61 Å². The lowest BCUT2D eigenvalue weighted by molar-refractivity contribution is -0.122. The largest absolute Gasteiger partial charge is 0.381 e. The highest BCUT2D eigenvalue weighted by molar-refractivity contribution is 5.83. The van der Waals surface area contributed by atoms with Crippen molar-refractivity contribution in [1.29, 1.82) is 0 Å². The van der Waals surface area contributed by atoms with E-state index in [1.807, 2.05) is 25.1 Å². The molecule has 0 radical (unpaired) electrons. The Kier molecular flexibility index (Phi) is 3.17. The third-order valence-corrected chi connectivity index (χ3v) is 2.85. The first-order valence-corrected chi connectivity index (χ1v) is 5.42. The standard InChI is InChI=1S/C13H16O2/c1-10-3-2-4-11(7-10)8-13(14)12-5-6-15-9-12/h2-4,7,12H,5-6,8-9H2,1H3. The summed E-state index contributed by atoms with van der Waals surface area (Å²) in [6.45, 7) is 3.40. The van der Waals surface area contributed by atoms with E-state index in [0.29, 0.717) is 18.8 Å². The van der Waals surface area contributed by atoms with E-state index in [9.17, 15) is 4.79 Å². The molecule has 1 saturated heterocycles. The molecule has 15 heavy (non-hydrogen) atoms. The number of aryl methyl sites for hydroxylation is 1. The number of ketones is 1. The normalized spacial score (nSPS) is 20.5. The predicted molar refractivity (Wildman–Crippen MR) is 58.8 cm³/mol. The summed E-state index contributed by atoms with van der Waals surface area (Å²) >= 11 is 0. The number of carbonyl (C=O) groups excluding carboxylic acids is 1. The number of ether oxygens (including phenoxy) is 1. The lowest BCUT2D eigenvalue weighted by atomic mass is 9.97. The van der Waals surface area contributed by atoms with Crippen molar-refractivity contribution in [3.63, 3.8) is 0 Å². The van der Waals surface area contributed by atoms with Gasteiger partial charge in [-0.15, -0.1) is 0 Å². The fourth-order valence-corrected chi connectivity index (χ4v) is 1.96. The van der Waals surface area contributed by atoms with Gasteiger partial charge in [-0.3, -0.25) is 4.79 Å². The average molecular weight is 204 g/mol. The van der Waals surface area contributed by atoms with Crippen molar-refractivity contribution >= 4 is 5.78 Å². The summed E-state index contributed by atoms with van der Waals surface area (Å²) in [6.07, 6.45) is 1.44. The van der Waals surface area contributed by atoms with Crippen LogP contribution in [0.3, 0.4) is 0 Å². The van der Waals surface area contributed by atoms with Crippen molar-refractivity contribution in [2.45, 2.75) is 19.8 Å². The Morgan fingerprint density at radius 3 is 3.07 bits per heavy atom. The maximum absolute atomic E-state index is 11.8. The molecule has 0 aromatic heterocycles. The molecule has 0 aliphatic carbocycles. The van der Waals surface area contributed by atoms with E-state index in [4.69, 9.17) is 4.74 Å². The minimum Gasteiger partial charge on any atom is -0.381 e. The summed E-state index contributed by atoms with van der Waals surface area (Å²) in [5.41, 5.74) is 2.33. The highest BCUT2D eigenvalue weighted by atomic mass is 16.5. The van der Waals surface area contributed by atoms with Crippen LogP contribution in [0.4, 0.5) is 0 Å². The summed E-state index contributed by atoms with van der Waals surface area (Å²) in [7, 11) is 0. The Bertz CT molecular complexity index is 351. The van der Waals surface area contributed by atoms with Crippen LogP contribution in [0.2, 0.25) is 0 Å². The number of benzene rings is 1. The van der Waals surface area contributed by atoms with Crippen LogP contribution in [0, 0.1) is 12.8 Å². The van der Waals surface area contributed by atoms with Crippen molar-refractivity contribution in [3.8, 4) is 0 Å². The minimum absolute atomic E-state index is 0.130. The van der Waals surface area contributed by atoms with Gasteiger partial charge in [0.2, 0.25) is 0 Å². The summed E-state index contributed by atoms with van der Waals surface area (Å²) < 4.78 is 5.22. The molecule has 0 spiro atoms. The number of Topliss-reactive ketones (excluding diaryl/α,β-unsaturated/α-hetero) is 1. The SMILES string of the molecule is Cc1cccc(CC(=O)C2CCOC2)c1. The molecule has 0 bridgehead atoms. The van der Waals surface area contributed by atoms with E-state index in [-0.39, 0.29) is 5.92 Å². The van der Waals surface area contributed by atoms with Gasteiger partial charge in [-0.25, -0.2) is 0 Å². The molecule has 0 N–H and O–H groups in total. The monoisotopic (exact) mass is 204 g/mol. The summed E-state index contributed by atoms with van der Waals surface area (Å²) in [5, 5.41) is 0. The fourth-order valence-electron chi connectivity index (χ4n) is 1.96. The first-order valence-electron chi connectivity index (χ1n) is 5.42. The van der Waals surface area contributed by atoms with Gasteiger partial charge in [-0.1, -0.05) is 29.8 Å². The second kappa shape index (κ2) is 4.58. The molecule has 1 aliphatic rings. The van der Waals surface area contributed by atoms with Gasteiger partial charge < -0.3 is 4.74 Å². The number of rotatable bonds is 3. The lowest BCUT2D eigenvalue weighted by Gasteiger charge is -2.06. The van der Waals surface area contributed by atoms with Crippen LogP contribution in [0.5, 0.6) is 0 Å². The van der Waals surface area contributed by atoms with E-state index in [2.05, 4.69) is 6.07 Å². The Balaban J connectivity index is 1.99. The molecule has 1 heterocycles. The van der Waals surface area contributed by atoms with Crippen LogP contribution >= 0.6 is 0 Å². The number of hydrogen-bond acceptors (Lipinski definition) is 2. The Morgan fingerprint density at radius 2 is 2.40 bits per heavy atom. The minimum atomic E-state index is 0.130. The molecule has 2 nitrogen and oxygen atoms in total. The third kappa shape index (κ3) is 2.66. The highest BCUT2D eigenvalue weighted by Crippen LogP contribution is 2.16. The smallest absolute Gasteiger partial charge is 0.142 e. The fraction of sp³-hybridized carbons (Fsp3) is 0.462. The van der Waals surface area contributed by atoms with Gasteiger partial charge in [0, 0.05) is 18.9 Å². The molecule has 1 aromatic rings. The molecular weight excluding hydrogens is 188 g/mol. The van der Waals surface area contributed by atoms with Gasteiger partial charge in [0.15, 0.2) is 0 Å². The molecule has 2 heteroatoms. The number of carbonyl (C=O) groups is 1. The van der Waals surface area contributed by atoms with E-state index < -0.39 is 0 Å². The average Bonchev–Trinajstić information content (AvgIpc) is 2.70. The van der Waals surface area contributed by atoms with Crippen molar-refractivity contribution < 1.29 is 9.53 Å². The van der Waals surface area contributed by atoms with Gasteiger partial charge in [-0.05, 0) is 18.9 Å². The third-order valence-electron chi connectivity index (χ3n) is 2.85. The molecule has 80 valence electrons. The Labute approximate surface area is 90.3 Å². The molecule has 0 saturated carbocycles. The van der Waals surface area contributed by atoms with E-state index in [1.165, 1.54) is 5.56 Å². The van der Waals surface area contributed by atoms with E-state index >= 15 is 0 Å². The molecule has 1 aromatic carbocycles. The summed E-state index contributed by atoms with van der Waals surface area (Å²) in [6, 6.07) is 8.14. The molecule has 1 unspecified atom stereocenters. The highest BCUT2D eigenvalue weighted by Gasteiger charge is 2.23. The molecule has 1 fully saturated rings. The molecule has 0 amide bonds.